The van der Waals surface area contributed by atoms with Crippen molar-refractivity contribution in [3.63, 3.8) is 0 Å². The van der Waals surface area contributed by atoms with E-state index in [4.69, 9.17) is 5.73 Å². The Morgan fingerprint density at radius 3 is 2.83 bits per heavy atom. The molecule has 0 fully saturated rings. The van der Waals surface area contributed by atoms with Gasteiger partial charge in [-0.05, 0) is 36.4 Å². The maximum atomic E-state index is 13.3. The first-order valence-corrected chi connectivity index (χ1v) is 6.86. The smallest absolute Gasteiger partial charge is 0.126 e. The number of halogens is 2. The van der Waals surface area contributed by atoms with Gasteiger partial charge in [0.05, 0.1) is 10.2 Å². The van der Waals surface area contributed by atoms with Gasteiger partial charge < -0.3 is 5.73 Å². The van der Waals surface area contributed by atoms with Crippen molar-refractivity contribution < 1.29 is 4.39 Å². The molecular weight excluding hydrogens is 315 g/mol. The Bertz CT molecular complexity index is 739. The van der Waals surface area contributed by atoms with E-state index in [9.17, 15) is 4.39 Å². The van der Waals surface area contributed by atoms with E-state index in [0.717, 1.165) is 19.7 Å². The van der Waals surface area contributed by atoms with Gasteiger partial charge in [-0.1, -0.05) is 15.9 Å². The standard InChI is InChI=1S/C13H8BrFN2S/c14-7-1-4-11-12(5-7)18-13(17-11)9-6-8(15)2-3-10(9)16/h1-6H,16H2. The van der Waals surface area contributed by atoms with Gasteiger partial charge in [-0.15, -0.1) is 11.3 Å². The molecule has 0 saturated carbocycles. The molecule has 0 aliphatic carbocycles. The van der Waals surface area contributed by atoms with Crippen LogP contribution in [-0.4, -0.2) is 4.98 Å². The van der Waals surface area contributed by atoms with Crippen LogP contribution in [0.25, 0.3) is 20.8 Å². The van der Waals surface area contributed by atoms with Gasteiger partial charge in [-0.2, -0.15) is 0 Å². The molecule has 1 aromatic heterocycles. The average Bonchev–Trinajstić information content (AvgIpc) is 2.74. The minimum atomic E-state index is -0.306. The number of anilines is 1. The van der Waals surface area contributed by atoms with Crippen LogP contribution in [0.15, 0.2) is 40.9 Å². The first-order chi connectivity index (χ1) is 8.63. The maximum Gasteiger partial charge on any atom is 0.126 e. The number of nitrogens with two attached hydrogens (primary N) is 1. The number of nitrogen functional groups attached to an aromatic ring is 1. The van der Waals surface area contributed by atoms with Crippen LogP contribution < -0.4 is 5.73 Å². The second-order valence-corrected chi connectivity index (χ2v) is 5.81. The van der Waals surface area contributed by atoms with Crippen LogP contribution in [-0.2, 0) is 0 Å². The van der Waals surface area contributed by atoms with Crippen molar-refractivity contribution in [2.75, 3.05) is 5.73 Å². The summed E-state index contributed by atoms with van der Waals surface area (Å²) in [5.41, 5.74) is 7.94. The van der Waals surface area contributed by atoms with Crippen molar-refractivity contribution in [3.05, 3.63) is 46.7 Å². The van der Waals surface area contributed by atoms with Crippen LogP contribution in [0.5, 0.6) is 0 Å². The molecule has 0 unspecified atom stereocenters. The van der Waals surface area contributed by atoms with Gasteiger partial charge in [-0.25, -0.2) is 9.37 Å². The molecule has 90 valence electrons. The van der Waals surface area contributed by atoms with E-state index in [1.807, 2.05) is 18.2 Å². The first kappa shape index (κ1) is 11.6. The molecular formula is C13H8BrFN2S. The second-order valence-electron chi connectivity index (χ2n) is 3.86. The summed E-state index contributed by atoms with van der Waals surface area (Å²) in [6.07, 6.45) is 0. The predicted octanol–water partition coefficient (Wildman–Crippen LogP) is 4.45. The van der Waals surface area contributed by atoms with Crippen molar-refractivity contribution in [1.29, 1.82) is 0 Å². The molecule has 0 spiro atoms. The Morgan fingerprint density at radius 2 is 2.00 bits per heavy atom. The van der Waals surface area contributed by atoms with Crippen molar-refractivity contribution in [2.24, 2.45) is 0 Å². The molecule has 5 heteroatoms. The topological polar surface area (TPSA) is 38.9 Å². The molecule has 2 N–H and O–H groups in total. The van der Waals surface area contributed by atoms with Gasteiger partial charge in [0.15, 0.2) is 0 Å². The summed E-state index contributed by atoms with van der Waals surface area (Å²) < 4.78 is 15.3. The van der Waals surface area contributed by atoms with Gasteiger partial charge in [0.1, 0.15) is 10.8 Å². The molecule has 2 aromatic carbocycles. The number of aromatic nitrogens is 1. The lowest BCUT2D eigenvalue weighted by Gasteiger charge is -2.01. The van der Waals surface area contributed by atoms with Crippen molar-refractivity contribution in [3.8, 4) is 10.6 Å². The Balaban J connectivity index is 2.22. The molecule has 0 aliphatic heterocycles. The lowest BCUT2D eigenvalue weighted by atomic mass is 10.2. The summed E-state index contributed by atoms with van der Waals surface area (Å²) in [6, 6.07) is 10.2. The predicted molar refractivity (Wildman–Crippen MR) is 77.1 cm³/mol. The fourth-order valence-corrected chi connectivity index (χ4v) is 3.28. The zero-order valence-corrected chi connectivity index (χ0v) is 11.6. The summed E-state index contributed by atoms with van der Waals surface area (Å²) in [4.78, 5) is 4.48. The zero-order chi connectivity index (χ0) is 12.7. The highest BCUT2D eigenvalue weighted by atomic mass is 79.9. The summed E-state index contributed by atoms with van der Waals surface area (Å²) >= 11 is 4.92. The van der Waals surface area contributed by atoms with Crippen molar-refractivity contribution in [1.82, 2.24) is 4.98 Å². The molecule has 3 aromatic rings. The SMILES string of the molecule is Nc1ccc(F)cc1-c1nc2ccc(Br)cc2s1. The van der Waals surface area contributed by atoms with Crippen LogP contribution in [0.3, 0.4) is 0 Å². The third-order valence-corrected chi connectivity index (χ3v) is 4.14. The average molecular weight is 323 g/mol. The molecule has 0 atom stereocenters. The molecule has 1 heterocycles. The van der Waals surface area contributed by atoms with Gasteiger partial charge in [-0.3, -0.25) is 0 Å². The van der Waals surface area contributed by atoms with Crippen LogP contribution in [0, 0.1) is 5.82 Å². The van der Waals surface area contributed by atoms with E-state index in [2.05, 4.69) is 20.9 Å². The van der Waals surface area contributed by atoms with Crippen molar-refractivity contribution >= 4 is 43.2 Å². The van der Waals surface area contributed by atoms with Crippen LogP contribution in [0.2, 0.25) is 0 Å². The second kappa shape index (κ2) is 4.33. The van der Waals surface area contributed by atoms with Crippen LogP contribution in [0.4, 0.5) is 10.1 Å². The molecule has 0 amide bonds. The Labute approximate surface area is 115 Å². The fraction of sp³-hybridized carbons (Fsp3) is 0. The number of fused-ring (bicyclic) bond motifs is 1. The third kappa shape index (κ3) is 2.00. The largest absolute Gasteiger partial charge is 0.398 e. The molecule has 3 rings (SSSR count). The number of nitrogens with zero attached hydrogens (tertiary/aromatic N) is 1. The summed E-state index contributed by atoms with van der Waals surface area (Å²) in [5.74, 6) is -0.306. The molecule has 2 nitrogen and oxygen atoms in total. The summed E-state index contributed by atoms with van der Waals surface area (Å²) in [5, 5.41) is 0.736. The zero-order valence-electron chi connectivity index (χ0n) is 9.15. The Kier molecular flexibility index (Phi) is 2.80. The Morgan fingerprint density at radius 1 is 1.17 bits per heavy atom. The van der Waals surface area contributed by atoms with Crippen LogP contribution in [0.1, 0.15) is 0 Å². The quantitative estimate of drug-likeness (QED) is 0.672. The number of hydrogen-bond acceptors (Lipinski definition) is 3. The first-order valence-electron chi connectivity index (χ1n) is 5.25. The van der Waals surface area contributed by atoms with E-state index >= 15 is 0 Å². The van der Waals surface area contributed by atoms with Gasteiger partial charge in [0.25, 0.3) is 0 Å². The van der Waals surface area contributed by atoms with E-state index in [1.165, 1.54) is 23.5 Å². The highest BCUT2D eigenvalue weighted by Crippen LogP contribution is 2.34. The van der Waals surface area contributed by atoms with Crippen molar-refractivity contribution in [2.45, 2.75) is 0 Å². The molecule has 0 saturated heterocycles. The van der Waals surface area contributed by atoms with E-state index < -0.39 is 0 Å². The number of thiazole rings is 1. The molecule has 0 bridgehead atoms. The normalized spacial score (nSPS) is 11.0. The Hall–Kier alpha value is -1.46. The minimum absolute atomic E-state index is 0.306. The number of benzene rings is 2. The van der Waals surface area contributed by atoms with Crippen LogP contribution >= 0.6 is 27.3 Å². The minimum Gasteiger partial charge on any atom is -0.398 e. The number of rotatable bonds is 1. The lowest BCUT2D eigenvalue weighted by molar-refractivity contribution is 0.628. The highest BCUT2D eigenvalue weighted by Gasteiger charge is 2.10. The van der Waals surface area contributed by atoms with Gasteiger partial charge in [0.2, 0.25) is 0 Å². The fourth-order valence-electron chi connectivity index (χ4n) is 1.73. The monoisotopic (exact) mass is 322 g/mol. The lowest BCUT2D eigenvalue weighted by Crippen LogP contribution is -1.90. The van der Waals surface area contributed by atoms with Gasteiger partial charge >= 0.3 is 0 Å². The van der Waals surface area contributed by atoms with E-state index in [0.29, 0.717) is 11.3 Å². The van der Waals surface area contributed by atoms with E-state index in [1.54, 1.807) is 6.07 Å². The molecule has 0 aliphatic rings. The van der Waals surface area contributed by atoms with Gasteiger partial charge in [0, 0.05) is 15.7 Å². The third-order valence-electron chi connectivity index (χ3n) is 2.60. The summed E-state index contributed by atoms with van der Waals surface area (Å²) in [7, 11) is 0. The molecule has 18 heavy (non-hydrogen) atoms. The maximum absolute atomic E-state index is 13.3. The summed E-state index contributed by atoms with van der Waals surface area (Å²) in [6.45, 7) is 0. The van der Waals surface area contributed by atoms with E-state index in [-0.39, 0.29) is 5.82 Å². The number of hydrogen-bond donors (Lipinski definition) is 1. The molecule has 0 radical (unpaired) electrons. The highest BCUT2D eigenvalue weighted by molar-refractivity contribution is 9.10.